The highest BCUT2D eigenvalue weighted by atomic mass is 19.1. The van der Waals surface area contributed by atoms with Gasteiger partial charge in [0, 0.05) is 30.1 Å². The maximum Gasteiger partial charge on any atom is 0.214 e. The Morgan fingerprint density at radius 2 is 2.12 bits per heavy atom. The third-order valence-corrected chi connectivity index (χ3v) is 2.40. The molecule has 0 aliphatic carbocycles. The van der Waals surface area contributed by atoms with Crippen LogP contribution in [0.3, 0.4) is 0 Å². The number of pyridine rings is 1. The molecule has 0 fully saturated rings. The van der Waals surface area contributed by atoms with E-state index in [9.17, 15) is 4.39 Å². The molecule has 0 unspecified atom stereocenters. The van der Waals surface area contributed by atoms with E-state index in [0.717, 1.165) is 11.3 Å². The zero-order valence-corrected chi connectivity index (χ0v) is 9.48. The molecule has 0 atom stereocenters. The number of nitrogens with one attached hydrogen (secondary N) is 1. The Balaban J connectivity index is 2.07. The topological polar surface area (TPSA) is 34.1 Å². The summed E-state index contributed by atoms with van der Waals surface area (Å²) in [5, 5.41) is 3.12. The number of ether oxygens (including phenoxy) is 1. The Morgan fingerprint density at radius 1 is 1.29 bits per heavy atom. The summed E-state index contributed by atoms with van der Waals surface area (Å²) in [4.78, 5) is 3.50. The Kier molecular flexibility index (Phi) is 3.55. The van der Waals surface area contributed by atoms with Crippen LogP contribution in [0.2, 0.25) is 0 Å². The lowest BCUT2D eigenvalue weighted by molar-refractivity contribution is 0.410. The Bertz CT molecular complexity index is 502. The van der Waals surface area contributed by atoms with E-state index in [2.05, 4.69) is 10.3 Å². The second-order valence-corrected chi connectivity index (χ2v) is 3.53. The molecule has 1 heterocycles. The molecule has 1 aromatic heterocycles. The summed E-state index contributed by atoms with van der Waals surface area (Å²) >= 11 is 0. The molecule has 3 nitrogen and oxygen atoms in total. The van der Waals surface area contributed by atoms with Gasteiger partial charge in [-0.2, -0.15) is 4.39 Å². The minimum absolute atomic E-state index is 0.491. The molecule has 0 saturated heterocycles. The van der Waals surface area contributed by atoms with Crippen LogP contribution in [-0.2, 0) is 6.54 Å². The van der Waals surface area contributed by atoms with Gasteiger partial charge in [-0.1, -0.05) is 18.2 Å². The maximum atomic E-state index is 12.9. The summed E-state index contributed by atoms with van der Waals surface area (Å²) in [5.41, 5.74) is 1.72. The summed E-state index contributed by atoms with van der Waals surface area (Å²) in [6.07, 6.45) is 1.43. The predicted octanol–water partition coefficient (Wildman–Crippen LogP) is 2.84. The van der Waals surface area contributed by atoms with Gasteiger partial charge in [0.25, 0.3) is 0 Å². The molecule has 0 amide bonds. The first kappa shape index (κ1) is 11.4. The highest BCUT2D eigenvalue weighted by Gasteiger charge is 2.01. The van der Waals surface area contributed by atoms with E-state index in [1.165, 1.54) is 12.3 Å². The number of hydrogen-bond acceptors (Lipinski definition) is 3. The third kappa shape index (κ3) is 2.93. The molecular formula is C13H13FN2O. The van der Waals surface area contributed by atoms with Crippen molar-refractivity contribution in [1.82, 2.24) is 4.98 Å². The molecule has 0 radical (unpaired) electrons. The van der Waals surface area contributed by atoms with Gasteiger partial charge in [0.1, 0.15) is 5.75 Å². The molecule has 0 spiro atoms. The molecule has 2 rings (SSSR count). The number of benzene rings is 1. The highest BCUT2D eigenvalue weighted by molar-refractivity contribution is 5.44. The lowest BCUT2D eigenvalue weighted by Gasteiger charge is -2.10. The van der Waals surface area contributed by atoms with Crippen molar-refractivity contribution >= 4 is 5.69 Å². The number of rotatable bonds is 4. The summed E-state index contributed by atoms with van der Waals surface area (Å²) < 4.78 is 18.1. The lowest BCUT2D eigenvalue weighted by atomic mass is 10.2. The summed E-state index contributed by atoms with van der Waals surface area (Å²) in [6.45, 7) is 0.577. The fraction of sp³-hybridized carbons (Fsp3) is 0.154. The molecule has 4 heteroatoms. The van der Waals surface area contributed by atoms with Crippen molar-refractivity contribution in [2.45, 2.75) is 6.54 Å². The molecular weight excluding hydrogens is 219 g/mol. The summed E-state index contributed by atoms with van der Waals surface area (Å²) in [5.74, 6) is 0.324. The normalized spacial score (nSPS) is 10.0. The molecule has 0 aliphatic heterocycles. The number of hydrogen-bond donors (Lipinski definition) is 1. The van der Waals surface area contributed by atoms with E-state index in [4.69, 9.17) is 4.74 Å². The molecule has 1 aromatic carbocycles. The fourth-order valence-corrected chi connectivity index (χ4v) is 1.56. The van der Waals surface area contributed by atoms with Crippen LogP contribution in [-0.4, -0.2) is 12.1 Å². The van der Waals surface area contributed by atoms with Gasteiger partial charge in [0.05, 0.1) is 7.11 Å². The summed E-state index contributed by atoms with van der Waals surface area (Å²) in [6, 6.07) is 10.8. The van der Waals surface area contributed by atoms with Crippen molar-refractivity contribution in [2.75, 3.05) is 12.4 Å². The van der Waals surface area contributed by atoms with Crippen LogP contribution < -0.4 is 10.1 Å². The fourth-order valence-electron chi connectivity index (χ4n) is 1.56. The SMILES string of the molecule is COc1ccccc1CNc1ccnc(F)c1. The molecule has 17 heavy (non-hydrogen) atoms. The van der Waals surface area contributed by atoms with Gasteiger partial charge < -0.3 is 10.1 Å². The largest absolute Gasteiger partial charge is 0.496 e. The Labute approximate surface area is 99.3 Å². The average Bonchev–Trinajstić information content (AvgIpc) is 2.37. The first-order chi connectivity index (χ1) is 8.29. The van der Waals surface area contributed by atoms with Crippen LogP contribution in [0.4, 0.5) is 10.1 Å². The minimum atomic E-state index is -0.491. The zero-order valence-electron chi connectivity index (χ0n) is 9.48. The van der Waals surface area contributed by atoms with Gasteiger partial charge in [-0.3, -0.25) is 0 Å². The third-order valence-electron chi connectivity index (χ3n) is 2.40. The highest BCUT2D eigenvalue weighted by Crippen LogP contribution is 2.18. The van der Waals surface area contributed by atoms with Crippen LogP contribution in [0, 0.1) is 5.95 Å². The second-order valence-electron chi connectivity index (χ2n) is 3.53. The molecule has 0 aliphatic rings. The van der Waals surface area contributed by atoms with E-state index in [-0.39, 0.29) is 0 Å². The maximum absolute atomic E-state index is 12.9. The summed E-state index contributed by atoms with van der Waals surface area (Å²) in [7, 11) is 1.63. The Morgan fingerprint density at radius 3 is 2.88 bits per heavy atom. The number of methoxy groups -OCH3 is 1. The van der Waals surface area contributed by atoms with Gasteiger partial charge in [0.15, 0.2) is 0 Å². The smallest absolute Gasteiger partial charge is 0.214 e. The van der Waals surface area contributed by atoms with Crippen molar-refractivity contribution in [2.24, 2.45) is 0 Å². The molecule has 2 aromatic rings. The van der Waals surface area contributed by atoms with Gasteiger partial charge in [0.2, 0.25) is 5.95 Å². The lowest BCUT2D eigenvalue weighted by Crippen LogP contribution is -2.02. The minimum Gasteiger partial charge on any atom is -0.496 e. The van der Waals surface area contributed by atoms with Crippen LogP contribution in [0.25, 0.3) is 0 Å². The van der Waals surface area contributed by atoms with Crippen LogP contribution in [0.15, 0.2) is 42.6 Å². The first-order valence-corrected chi connectivity index (χ1v) is 5.27. The monoisotopic (exact) mass is 232 g/mol. The van der Waals surface area contributed by atoms with Crippen molar-refractivity contribution in [3.8, 4) is 5.75 Å². The molecule has 88 valence electrons. The van der Waals surface area contributed by atoms with Gasteiger partial charge in [-0.15, -0.1) is 0 Å². The van der Waals surface area contributed by atoms with Gasteiger partial charge >= 0.3 is 0 Å². The number of anilines is 1. The van der Waals surface area contributed by atoms with E-state index in [1.807, 2.05) is 24.3 Å². The quantitative estimate of drug-likeness (QED) is 0.823. The van der Waals surface area contributed by atoms with Crippen molar-refractivity contribution < 1.29 is 9.13 Å². The Hall–Kier alpha value is -2.10. The number of nitrogens with zero attached hydrogens (tertiary/aromatic N) is 1. The van der Waals surface area contributed by atoms with Crippen LogP contribution in [0.5, 0.6) is 5.75 Å². The molecule has 1 N–H and O–H groups in total. The van der Waals surface area contributed by atoms with E-state index in [0.29, 0.717) is 12.2 Å². The van der Waals surface area contributed by atoms with E-state index < -0.39 is 5.95 Å². The molecule has 0 saturated carbocycles. The van der Waals surface area contributed by atoms with Gasteiger partial charge in [-0.05, 0) is 12.1 Å². The number of para-hydroxylation sites is 1. The number of aromatic nitrogens is 1. The standard InChI is InChI=1S/C13H13FN2O/c1-17-12-5-3-2-4-10(12)9-16-11-6-7-15-13(14)8-11/h2-8H,9H2,1H3,(H,15,16). The van der Waals surface area contributed by atoms with Crippen LogP contribution in [0.1, 0.15) is 5.56 Å². The first-order valence-electron chi connectivity index (χ1n) is 5.27. The van der Waals surface area contributed by atoms with E-state index in [1.54, 1.807) is 13.2 Å². The van der Waals surface area contributed by atoms with E-state index >= 15 is 0 Å². The average molecular weight is 232 g/mol. The van der Waals surface area contributed by atoms with Gasteiger partial charge in [-0.25, -0.2) is 4.98 Å². The van der Waals surface area contributed by atoms with Crippen LogP contribution >= 0.6 is 0 Å². The molecule has 0 bridgehead atoms. The van der Waals surface area contributed by atoms with Crippen molar-refractivity contribution in [1.29, 1.82) is 0 Å². The second kappa shape index (κ2) is 5.30. The zero-order chi connectivity index (χ0) is 12.1. The number of halogens is 1. The van der Waals surface area contributed by atoms with Crippen molar-refractivity contribution in [3.05, 3.63) is 54.1 Å². The van der Waals surface area contributed by atoms with Crippen molar-refractivity contribution in [3.63, 3.8) is 0 Å². The predicted molar refractivity (Wildman–Crippen MR) is 64.5 cm³/mol.